The van der Waals surface area contributed by atoms with Crippen molar-refractivity contribution in [3.63, 3.8) is 0 Å². The topological polar surface area (TPSA) is 68.0 Å². The summed E-state index contributed by atoms with van der Waals surface area (Å²) >= 11 is 6.19. The lowest BCUT2D eigenvalue weighted by molar-refractivity contribution is -0.137. The second kappa shape index (κ2) is 11.4. The molecule has 1 saturated heterocycles. The summed E-state index contributed by atoms with van der Waals surface area (Å²) in [6, 6.07) is 13.5. The molecule has 3 aromatic rings. The summed E-state index contributed by atoms with van der Waals surface area (Å²) < 4.78 is 65.5. The zero-order chi connectivity index (χ0) is 29.4. The van der Waals surface area contributed by atoms with Crippen molar-refractivity contribution in [3.05, 3.63) is 82.1 Å². The third-order valence-electron chi connectivity index (χ3n) is 7.74. The van der Waals surface area contributed by atoms with Gasteiger partial charge in [-0.1, -0.05) is 23.7 Å². The number of methoxy groups -OCH3 is 1. The molecule has 3 aromatic carbocycles. The number of nitrogens with two attached hydrogens (primary N) is 1. The minimum absolute atomic E-state index is 0.0345. The molecule has 0 atom stereocenters. The highest BCUT2D eigenvalue weighted by molar-refractivity contribution is 6.33. The molecule has 0 saturated carbocycles. The van der Waals surface area contributed by atoms with Gasteiger partial charge in [0.2, 0.25) is 5.91 Å². The van der Waals surface area contributed by atoms with Crippen molar-refractivity contribution in [3.8, 4) is 11.5 Å². The minimum atomic E-state index is -4.46. The number of amides is 1. The first-order valence-electron chi connectivity index (χ1n) is 13.3. The van der Waals surface area contributed by atoms with Gasteiger partial charge < -0.3 is 25.0 Å². The molecule has 2 aliphatic rings. The van der Waals surface area contributed by atoms with Gasteiger partial charge in [-0.15, -0.1) is 0 Å². The second-order valence-corrected chi connectivity index (χ2v) is 10.9. The van der Waals surface area contributed by atoms with Gasteiger partial charge in [0.05, 0.1) is 41.2 Å². The van der Waals surface area contributed by atoms with Gasteiger partial charge in [0.15, 0.2) is 0 Å². The number of carbonyl (C=O) groups excluding carboxylic acids is 1. The molecule has 0 aliphatic carbocycles. The van der Waals surface area contributed by atoms with Gasteiger partial charge in [-0.05, 0) is 67.3 Å². The predicted octanol–water partition coefficient (Wildman–Crippen LogP) is 6.36. The monoisotopic (exact) mass is 591 g/mol. The molecule has 0 aromatic heterocycles. The summed E-state index contributed by atoms with van der Waals surface area (Å²) in [5.74, 6) is 0.490. The number of nitrogens with zero attached hydrogens (tertiary/aromatic N) is 2. The number of rotatable bonds is 7. The fraction of sp³-hybridized carbons (Fsp3) is 0.367. The molecule has 41 heavy (non-hydrogen) atoms. The van der Waals surface area contributed by atoms with Crippen LogP contribution in [-0.4, -0.2) is 38.3 Å². The number of carbonyl (C=O) groups is 1. The lowest BCUT2D eigenvalue weighted by Gasteiger charge is -2.40. The van der Waals surface area contributed by atoms with E-state index in [-0.39, 0.29) is 36.2 Å². The Morgan fingerprint density at radius 1 is 1.02 bits per heavy atom. The fourth-order valence-corrected chi connectivity index (χ4v) is 5.63. The second-order valence-electron chi connectivity index (χ2n) is 10.5. The number of hydrogen-bond acceptors (Lipinski definition) is 5. The van der Waals surface area contributed by atoms with Crippen LogP contribution in [0.3, 0.4) is 0 Å². The SMILES string of the molecule is COc1ccc(CN2C(=O)CCc3c(OCC4(N)CCN(c5ccc(C(F)(F)F)cc5Cl)CC4)ccc(F)c32)cc1. The van der Waals surface area contributed by atoms with Crippen LogP contribution in [0, 0.1) is 5.82 Å². The number of ether oxygens (including phenoxy) is 2. The van der Waals surface area contributed by atoms with E-state index >= 15 is 4.39 Å². The molecule has 0 unspecified atom stereocenters. The highest BCUT2D eigenvalue weighted by Crippen LogP contribution is 2.40. The first-order valence-corrected chi connectivity index (χ1v) is 13.6. The summed E-state index contributed by atoms with van der Waals surface area (Å²) in [5.41, 5.74) is 7.36. The van der Waals surface area contributed by atoms with Crippen LogP contribution in [0.5, 0.6) is 11.5 Å². The molecule has 5 rings (SSSR count). The lowest BCUT2D eigenvalue weighted by Crippen LogP contribution is -2.54. The fourth-order valence-electron chi connectivity index (χ4n) is 5.33. The number of fused-ring (bicyclic) bond motifs is 1. The van der Waals surface area contributed by atoms with E-state index in [0.29, 0.717) is 55.1 Å². The number of anilines is 2. The molecule has 6 nitrogen and oxygen atoms in total. The van der Waals surface area contributed by atoms with E-state index < -0.39 is 23.1 Å². The summed E-state index contributed by atoms with van der Waals surface area (Å²) in [6.07, 6.45) is -2.88. The van der Waals surface area contributed by atoms with Crippen molar-refractivity contribution < 1.29 is 31.8 Å². The van der Waals surface area contributed by atoms with Gasteiger partial charge >= 0.3 is 6.18 Å². The maximum atomic E-state index is 15.1. The van der Waals surface area contributed by atoms with Gasteiger partial charge in [-0.2, -0.15) is 13.2 Å². The van der Waals surface area contributed by atoms with Crippen LogP contribution < -0.4 is 25.0 Å². The van der Waals surface area contributed by atoms with E-state index in [4.69, 9.17) is 26.8 Å². The Hall–Kier alpha value is -3.50. The van der Waals surface area contributed by atoms with Gasteiger partial charge in [0, 0.05) is 25.1 Å². The first kappa shape index (κ1) is 29.0. The van der Waals surface area contributed by atoms with Crippen LogP contribution in [0.15, 0.2) is 54.6 Å². The minimum Gasteiger partial charge on any atom is -0.497 e. The van der Waals surface area contributed by atoms with Crippen LogP contribution in [0.1, 0.15) is 36.0 Å². The van der Waals surface area contributed by atoms with Crippen LogP contribution in [0.2, 0.25) is 5.02 Å². The number of alkyl halides is 3. The molecule has 2 heterocycles. The summed E-state index contributed by atoms with van der Waals surface area (Å²) in [7, 11) is 1.57. The Bertz CT molecular complexity index is 1420. The van der Waals surface area contributed by atoms with Crippen molar-refractivity contribution in [2.45, 2.75) is 43.9 Å². The summed E-state index contributed by atoms with van der Waals surface area (Å²) in [6.45, 7) is 1.33. The maximum absolute atomic E-state index is 15.1. The van der Waals surface area contributed by atoms with Crippen LogP contribution in [0.25, 0.3) is 0 Å². The zero-order valence-corrected chi connectivity index (χ0v) is 23.2. The average molecular weight is 592 g/mol. The van der Waals surface area contributed by atoms with Gasteiger partial charge in [0.25, 0.3) is 0 Å². The molecule has 2 N–H and O–H groups in total. The third-order valence-corrected chi connectivity index (χ3v) is 8.04. The molecular formula is C30H30ClF4N3O3. The number of benzene rings is 3. The molecule has 218 valence electrons. The molecular weight excluding hydrogens is 562 g/mol. The largest absolute Gasteiger partial charge is 0.497 e. The van der Waals surface area contributed by atoms with Crippen molar-refractivity contribution in [2.24, 2.45) is 5.73 Å². The normalized spacial score (nSPS) is 16.9. The Labute approximate surface area is 240 Å². The Morgan fingerprint density at radius 3 is 2.37 bits per heavy atom. The molecule has 11 heteroatoms. The number of halogens is 5. The number of piperidine rings is 1. The van der Waals surface area contributed by atoms with Crippen molar-refractivity contribution >= 4 is 28.9 Å². The standard InChI is InChI=1S/C30H30ClF4N3O3/c1-40-21-5-2-19(3-6-21)17-38-27(39)11-7-22-26(10-8-24(32)28(22)38)41-18-29(36)12-14-37(15-13-29)25-9-4-20(16-23(25)31)30(33,34)35/h2-6,8-10,16H,7,11-15,17-18,36H2,1H3. The van der Waals surface area contributed by atoms with Crippen molar-refractivity contribution in [1.29, 1.82) is 0 Å². The molecule has 2 aliphatic heterocycles. The predicted molar refractivity (Wildman–Crippen MR) is 149 cm³/mol. The van der Waals surface area contributed by atoms with E-state index in [1.165, 1.54) is 17.0 Å². The Balaban J connectivity index is 1.27. The van der Waals surface area contributed by atoms with Crippen LogP contribution in [0.4, 0.5) is 28.9 Å². The first-order chi connectivity index (χ1) is 19.5. The van der Waals surface area contributed by atoms with E-state index in [2.05, 4.69) is 0 Å². The van der Waals surface area contributed by atoms with Crippen molar-refractivity contribution in [2.75, 3.05) is 36.6 Å². The zero-order valence-electron chi connectivity index (χ0n) is 22.4. The molecule has 0 radical (unpaired) electrons. The van der Waals surface area contributed by atoms with Crippen LogP contribution in [-0.2, 0) is 23.9 Å². The molecule has 1 fully saturated rings. The van der Waals surface area contributed by atoms with E-state index in [9.17, 15) is 18.0 Å². The Kier molecular flexibility index (Phi) is 8.07. The average Bonchev–Trinajstić information content (AvgIpc) is 2.94. The highest BCUT2D eigenvalue weighted by atomic mass is 35.5. The Morgan fingerprint density at radius 2 is 1.73 bits per heavy atom. The third kappa shape index (κ3) is 6.23. The van der Waals surface area contributed by atoms with E-state index in [1.54, 1.807) is 25.3 Å². The molecule has 0 bridgehead atoms. The molecule has 1 amide bonds. The highest BCUT2D eigenvalue weighted by Gasteiger charge is 2.35. The summed E-state index contributed by atoms with van der Waals surface area (Å²) in [4.78, 5) is 16.2. The van der Waals surface area contributed by atoms with Crippen LogP contribution >= 0.6 is 11.6 Å². The van der Waals surface area contributed by atoms with Crippen molar-refractivity contribution in [1.82, 2.24) is 0 Å². The lowest BCUT2D eigenvalue weighted by atomic mass is 9.89. The van der Waals surface area contributed by atoms with E-state index in [1.807, 2.05) is 17.0 Å². The van der Waals surface area contributed by atoms with Gasteiger partial charge in [-0.3, -0.25) is 4.79 Å². The van der Waals surface area contributed by atoms with E-state index in [0.717, 1.165) is 17.7 Å². The number of hydrogen-bond donors (Lipinski definition) is 1. The smallest absolute Gasteiger partial charge is 0.416 e. The molecule has 0 spiro atoms. The quantitative estimate of drug-likeness (QED) is 0.324. The van der Waals surface area contributed by atoms with Gasteiger partial charge in [0.1, 0.15) is 23.9 Å². The van der Waals surface area contributed by atoms with Gasteiger partial charge in [-0.25, -0.2) is 4.39 Å². The maximum Gasteiger partial charge on any atom is 0.416 e. The summed E-state index contributed by atoms with van der Waals surface area (Å²) in [5, 5.41) is 0.0345.